The Hall–Kier alpha value is -1.43. The molecule has 5 heteroatoms. The third kappa shape index (κ3) is 4.35. The Bertz CT molecular complexity index is 632. The zero-order chi connectivity index (χ0) is 16.9. The molecule has 1 aliphatic heterocycles. The molecule has 0 radical (unpaired) electrons. The maximum atomic E-state index is 9.24. The molecule has 1 aromatic carbocycles. The lowest BCUT2D eigenvalue weighted by Crippen LogP contribution is -2.34. The maximum Gasteiger partial charge on any atom is 0.0897 e. The first-order valence-corrected chi connectivity index (χ1v) is 9.58. The number of hydrogen-bond acceptors (Lipinski definition) is 5. The predicted octanol–water partition coefficient (Wildman–Crippen LogP) is 3.51. The van der Waals surface area contributed by atoms with Crippen molar-refractivity contribution in [2.24, 2.45) is 5.92 Å². The molecule has 3 rings (SSSR count). The van der Waals surface area contributed by atoms with Gasteiger partial charge in [-0.3, -0.25) is 0 Å². The molecular weight excluding hydrogens is 318 g/mol. The maximum absolute atomic E-state index is 9.24. The topological polar surface area (TPSA) is 48.4 Å². The molecule has 4 nitrogen and oxygen atoms in total. The van der Waals surface area contributed by atoms with E-state index in [1.54, 1.807) is 11.3 Å². The minimum absolute atomic E-state index is 0.327. The second kappa shape index (κ2) is 8.10. The highest BCUT2D eigenvalue weighted by Crippen LogP contribution is 2.24. The summed E-state index contributed by atoms with van der Waals surface area (Å²) < 4.78 is 0. The largest absolute Gasteiger partial charge is 0.396 e. The van der Waals surface area contributed by atoms with Crippen molar-refractivity contribution in [3.8, 4) is 0 Å². The van der Waals surface area contributed by atoms with E-state index in [9.17, 15) is 5.11 Å². The Morgan fingerprint density at radius 3 is 2.58 bits per heavy atom. The van der Waals surface area contributed by atoms with Crippen molar-refractivity contribution in [3.05, 3.63) is 45.9 Å². The standard InChI is InChI=1S/C19H27N3OS/c1-14(19-12-21-15(2)24-19)20-11-16-3-5-18(6-4-16)22-9-7-17(13-23)8-10-22/h3-6,12,14,17,20,23H,7-11,13H2,1-2H3. The fraction of sp³-hybridized carbons (Fsp3) is 0.526. The Kier molecular flexibility index (Phi) is 5.87. The number of piperidine rings is 1. The molecule has 1 aliphatic rings. The Morgan fingerprint density at radius 1 is 1.29 bits per heavy atom. The van der Waals surface area contributed by atoms with Crippen molar-refractivity contribution >= 4 is 17.0 Å². The van der Waals surface area contributed by atoms with Crippen molar-refractivity contribution in [3.63, 3.8) is 0 Å². The fourth-order valence-corrected chi connectivity index (χ4v) is 3.96. The van der Waals surface area contributed by atoms with E-state index in [1.165, 1.54) is 16.1 Å². The summed E-state index contributed by atoms with van der Waals surface area (Å²) in [5, 5.41) is 13.9. The molecule has 0 bridgehead atoms. The number of rotatable bonds is 6. The molecule has 0 spiro atoms. The summed E-state index contributed by atoms with van der Waals surface area (Å²) in [6.45, 7) is 7.52. The van der Waals surface area contributed by atoms with E-state index in [1.807, 2.05) is 13.1 Å². The summed E-state index contributed by atoms with van der Waals surface area (Å²) in [5.41, 5.74) is 2.60. The summed E-state index contributed by atoms with van der Waals surface area (Å²) in [7, 11) is 0. The third-order valence-corrected chi connectivity index (χ3v) is 5.95. The summed E-state index contributed by atoms with van der Waals surface area (Å²) in [6.07, 6.45) is 4.15. The van der Waals surface area contributed by atoms with Crippen LogP contribution in [0.4, 0.5) is 5.69 Å². The lowest BCUT2D eigenvalue weighted by atomic mass is 9.97. The zero-order valence-electron chi connectivity index (χ0n) is 14.5. The van der Waals surface area contributed by atoms with Gasteiger partial charge in [-0.2, -0.15) is 0 Å². The van der Waals surface area contributed by atoms with Gasteiger partial charge in [0.05, 0.1) is 5.01 Å². The van der Waals surface area contributed by atoms with Crippen LogP contribution in [0.1, 0.15) is 41.3 Å². The first kappa shape index (κ1) is 17.4. The van der Waals surface area contributed by atoms with Crippen molar-refractivity contribution in [2.45, 2.75) is 39.3 Å². The molecule has 2 N–H and O–H groups in total. The molecule has 2 heterocycles. The van der Waals surface area contributed by atoms with Gasteiger partial charge in [0.15, 0.2) is 0 Å². The quantitative estimate of drug-likeness (QED) is 0.841. The molecule has 0 amide bonds. The second-order valence-corrected chi connectivity index (χ2v) is 7.93. The number of hydrogen-bond donors (Lipinski definition) is 2. The molecule has 1 atom stereocenters. The number of anilines is 1. The van der Waals surface area contributed by atoms with Gasteiger partial charge in [0.25, 0.3) is 0 Å². The van der Waals surface area contributed by atoms with Crippen molar-refractivity contribution in [2.75, 3.05) is 24.6 Å². The number of aliphatic hydroxyl groups excluding tert-OH is 1. The van der Waals surface area contributed by atoms with E-state index in [4.69, 9.17) is 0 Å². The van der Waals surface area contributed by atoms with Crippen LogP contribution in [0, 0.1) is 12.8 Å². The molecular formula is C19H27N3OS. The van der Waals surface area contributed by atoms with E-state index >= 15 is 0 Å². The third-order valence-electron chi connectivity index (χ3n) is 4.85. The van der Waals surface area contributed by atoms with E-state index in [0.717, 1.165) is 37.5 Å². The highest BCUT2D eigenvalue weighted by Gasteiger charge is 2.18. The van der Waals surface area contributed by atoms with Gasteiger partial charge in [-0.15, -0.1) is 11.3 Å². The molecule has 0 saturated carbocycles. The van der Waals surface area contributed by atoms with Crippen LogP contribution in [0.15, 0.2) is 30.5 Å². The van der Waals surface area contributed by atoms with Gasteiger partial charge in [-0.1, -0.05) is 12.1 Å². The summed E-state index contributed by atoms with van der Waals surface area (Å²) in [5.74, 6) is 0.488. The lowest BCUT2D eigenvalue weighted by Gasteiger charge is -2.33. The van der Waals surface area contributed by atoms with Crippen LogP contribution in [-0.2, 0) is 6.54 Å². The number of nitrogens with zero attached hydrogens (tertiary/aromatic N) is 2. The predicted molar refractivity (Wildman–Crippen MR) is 101 cm³/mol. The molecule has 1 fully saturated rings. The fourth-order valence-electron chi connectivity index (χ4n) is 3.15. The van der Waals surface area contributed by atoms with Gasteiger partial charge in [0.1, 0.15) is 0 Å². The van der Waals surface area contributed by atoms with Crippen molar-refractivity contribution < 1.29 is 5.11 Å². The first-order valence-electron chi connectivity index (χ1n) is 8.76. The van der Waals surface area contributed by atoms with Crippen molar-refractivity contribution in [1.82, 2.24) is 10.3 Å². The van der Waals surface area contributed by atoms with Gasteiger partial charge in [-0.25, -0.2) is 4.98 Å². The van der Waals surface area contributed by atoms with Crippen LogP contribution in [0.25, 0.3) is 0 Å². The van der Waals surface area contributed by atoms with E-state index in [0.29, 0.717) is 18.6 Å². The van der Waals surface area contributed by atoms with Crippen molar-refractivity contribution in [1.29, 1.82) is 0 Å². The number of benzene rings is 1. The molecule has 2 aromatic rings. The van der Waals surface area contributed by atoms with Crippen LogP contribution in [0.5, 0.6) is 0 Å². The number of aryl methyl sites for hydroxylation is 1. The average molecular weight is 346 g/mol. The molecule has 1 saturated heterocycles. The van der Waals surface area contributed by atoms with E-state index in [-0.39, 0.29) is 0 Å². The Morgan fingerprint density at radius 2 is 2.00 bits per heavy atom. The number of aromatic nitrogens is 1. The van der Waals surface area contributed by atoms with Crippen LogP contribution in [-0.4, -0.2) is 29.8 Å². The highest BCUT2D eigenvalue weighted by atomic mass is 32.1. The van der Waals surface area contributed by atoms with Gasteiger partial charge in [0, 0.05) is 49.0 Å². The smallest absolute Gasteiger partial charge is 0.0897 e. The van der Waals surface area contributed by atoms with Crippen LogP contribution in [0.2, 0.25) is 0 Å². The molecule has 130 valence electrons. The highest BCUT2D eigenvalue weighted by molar-refractivity contribution is 7.11. The van der Waals surface area contributed by atoms with Gasteiger partial charge < -0.3 is 15.3 Å². The summed E-state index contributed by atoms with van der Waals surface area (Å²) in [4.78, 5) is 8.04. The average Bonchev–Trinajstić information content (AvgIpc) is 3.07. The molecule has 1 unspecified atom stereocenters. The Balaban J connectivity index is 1.51. The molecule has 24 heavy (non-hydrogen) atoms. The molecule has 0 aliphatic carbocycles. The number of nitrogens with one attached hydrogen (secondary N) is 1. The van der Waals surface area contributed by atoms with E-state index < -0.39 is 0 Å². The monoisotopic (exact) mass is 345 g/mol. The number of aliphatic hydroxyl groups is 1. The van der Waals surface area contributed by atoms with Gasteiger partial charge in [0.2, 0.25) is 0 Å². The normalized spacial score (nSPS) is 17.2. The van der Waals surface area contributed by atoms with Gasteiger partial charge >= 0.3 is 0 Å². The minimum atomic E-state index is 0.327. The minimum Gasteiger partial charge on any atom is -0.396 e. The van der Waals surface area contributed by atoms with Crippen LogP contribution < -0.4 is 10.2 Å². The van der Waals surface area contributed by atoms with Crippen LogP contribution in [0.3, 0.4) is 0 Å². The zero-order valence-corrected chi connectivity index (χ0v) is 15.4. The SMILES string of the molecule is Cc1ncc(C(C)NCc2ccc(N3CCC(CO)CC3)cc2)s1. The van der Waals surface area contributed by atoms with Gasteiger partial charge in [-0.05, 0) is 50.3 Å². The summed E-state index contributed by atoms with van der Waals surface area (Å²) in [6, 6.07) is 9.19. The summed E-state index contributed by atoms with van der Waals surface area (Å²) >= 11 is 1.76. The van der Waals surface area contributed by atoms with E-state index in [2.05, 4.69) is 46.4 Å². The second-order valence-electron chi connectivity index (χ2n) is 6.66. The molecule has 1 aromatic heterocycles. The van der Waals surface area contributed by atoms with Crippen LogP contribution >= 0.6 is 11.3 Å². The Labute approximate surface area is 148 Å². The number of thiazole rings is 1. The first-order chi connectivity index (χ1) is 11.7. The lowest BCUT2D eigenvalue weighted by molar-refractivity contribution is 0.203.